The molecule has 0 radical (unpaired) electrons. The van der Waals surface area contributed by atoms with E-state index in [0.29, 0.717) is 6.04 Å². The first-order valence-corrected chi connectivity index (χ1v) is 8.38. The summed E-state index contributed by atoms with van der Waals surface area (Å²) in [4.78, 5) is 2.61. The van der Waals surface area contributed by atoms with Gasteiger partial charge in [0, 0.05) is 38.0 Å². The van der Waals surface area contributed by atoms with Crippen molar-refractivity contribution in [1.82, 2.24) is 5.32 Å². The van der Waals surface area contributed by atoms with Gasteiger partial charge in [-0.05, 0) is 62.8 Å². The van der Waals surface area contributed by atoms with Gasteiger partial charge >= 0.3 is 0 Å². The van der Waals surface area contributed by atoms with Gasteiger partial charge in [0.15, 0.2) is 0 Å². The molecule has 1 aromatic carbocycles. The highest BCUT2D eigenvalue weighted by Gasteiger charge is 2.25. The van der Waals surface area contributed by atoms with E-state index in [9.17, 15) is 0 Å². The summed E-state index contributed by atoms with van der Waals surface area (Å²) >= 11 is 0. The van der Waals surface area contributed by atoms with E-state index in [2.05, 4.69) is 35.3 Å². The molecular formula is C18H28N2O. The van der Waals surface area contributed by atoms with E-state index in [0.717, 1.165) is 25.6 Å². The van der Waals surface area contributed by atoms with Crippen LogP contribution >= 0.6 is 0 Å². The Kier molecular flexibility index (Phi) is 4.81. The summed E-state index contributed by atoms with van der Waals surface area (Å²) < 4.78 is 5.48. The van der Waals surface area contributed by atoms with Crippen LogP contribution < -0.4 is 10.2 Å². The van der Waals surface area contributed by atoms with Crippen LogP contribution in [0, 0.1) is 5.92 Å². The molecular weight excluding hydrogens is 260 g/mol. The molecule has 1 fully saturated rings. The van der Waals surface area contributed by atoms with Crippen LogP contribution in [0.25, 0.3) is 0 Å². The van der Waals surface area contributed by atoms with Crippen molar-refractivity contribution >= 4 is 5.69 Å². The molecule has 0 aliphatic carbocycles. The van der Waals surface area contributed by atoms with Crippen LogP contribution in [0.2, 0.25) is 0 Å². The van der Waals surface area contributed by atoms with Crippen molar-refractivity contribution in [2.24, 2.45) is 5.92 Å². The lowest BCUT2D eigenvalue weighted by molar-refractivity contribution is 0.0683. The molecule has 2 heterocycles. The van der Waals surface area contributed by atoms with Gasteiger partial charge in [0.2, 0.25) is 0 Å². The number of ether oxygens (including phenoxy) is 1. The van der Waals surface area contributed by atoms with Crippen LogP contribution in [0.1, 0.15) is 30.9 Å². The third-order valence-corrected chi connectivity index (χ3v) is 5.06. The van der Waals surface area contributed by atoms with E-state index in [1.54, 1.807) is 5.56 Å². The molecule has 0 bridgehead atoms. The largest absolute Gasteiger partial charge is 0.381 e. The van der Waals surface area contributed by atoms with Gasteiger partial charge in [0.1, 0.15) is 0 Å². The Labute approximate surface area is 128 Å². The van der Waals surface area contributed by atoms with E-state index in [1.165, 1.54) is 43.6 Å². The maximum absolute atomic E-state index is 5.48. The number of hydrogen-bond donors (Lipinski definition) is 1. The van der Waals surface area contributed by atoms with Crippen LogP contribution in [0.15, 0.2) is 18.2 Å². The molecule has 3 rings (SSSR count). The van der Waals surface area contributed by atoms with Crippen molar-refractivity contribution in [3.8, 4) is 0 Å². The van der Waals surface area contributed by atoms with Gasteiger partial charge in [-0.2, -0.15) is 0 Å². The number of hydrogen-bond acceptors (Lipinski definition) is 3. The average Bonchev–Trinajstić information content (AvgIpc) is 2.92. The zero-order valence-electron chi connectivity index (χ0n) is 13.4. The predicted molar refractivity (Wildman–Crippen MR) is 88.1 cm³/mol. The summed E-state index contributed by atoms with van der Waals surface area (Å²) in [5, 5.41) is 3.35. The molecule has 1 atom stereocenters. The van der Waals surface area contributed by atoms with Crippen molar-refractivity contribution in [2.45, 2.75) is 38.6 Å². The summed E-state index contributed by atoms with van der Waals surface area (Å²) in [6.45, 7) is 6.56. The minimum Gasteiger partial charge on any atom is -0.381 e. The van der Waals surface area contributed by atoms with E-state index in [-0.39, 0.29) is 0 Å². The lowest BCUT2D eigenvalue weighted by atomic mass is 9.98. The van der Waals surface area contributed by atoms with Crippen LogP contribution in [-0.2, 0) is 17.6 Å². The number of anilines is 1. The number of fused-ring (bicyclic) bond motifs is 1. The van der Waals surface area contributed by atoms with E-state index < -0.39 is 0 Å². The number of likely N-dealkylation sites (N-methyl/N-ethyl adjacent to an activating group) is 1. The van der Waals surface area contributed by atoms with Gasteiger partial charge in [-0.15, -0.1) is 0 Å². The summed E-state index contributed by atoms with van der Waals surface area (Å²) in [5.41, 5.74) is 4.61. The summed E-state index contributed by atoms with van der Waals surface area (Å²) in [5.74, 6) is 0.810. The number of nitrogens with zero attached hydrogens (tertiary/aromatic N) is 1. The number of rotatable bonds is 5. The minimum atomic E-state index is 0.543. The van der Waals surface area contributed by atoms with Crippen molar-refractivity contribution in [3.05, 3.63) is 29.3 Å². The third kappa shape index (κ3) is 3.41. The van der Waals surface area contributed by atoms with Crippen molar-refractivity contribution in [2.75, 3.05) is 38.3 Å². The molecule has 3 heteroatoms. The molecule has 3 nitrogen and oxygen atoms in total. The molecule has 0 aromatic heterocycles. The van der Waals surface area contributed by atoms with Crippen molar-refractivity contribution in [3.63, 3.8) is 0 Å². The molecule has 2 aliphatic heterocycles. The smallest absolute Gasteiger partial charge is 0.0469 e. The molecule has 21 heavy (non-hydrogen) atoms. The third-order valence-electron chi connectivity index (χ3n) is 5.06. The summed E-state index contributed by atoms with van der Waals surface area (Å²) in [6, 6.07) is 7.40. The molecule has 0 spiro atoms. The molecule has 2 aliphatic rings. The van der Waals surface area contributed by atoms with Gasteiger partial charge in [-0.1, -0.05) is 12.1 Å². The zero-order valence-corrected chi connectivity index (χ0v) is 13.4. The number of nitrogens with one attached hydrogen (secondary N) is 1. The highest BCUT2D eigenvalue weighted by Crippen LogP contribution is 2.33. The lowest BCUT2D eigenvalue weighted by Crippen LogP contribution is -2.31. The fourth-order valence-corrected chi connectivity index (χ4v) is 3.63. The van der Waals surface area contributed by atoms with Crippen LogP contribution in [-0.4, -0.2) is 39.4 Å². The van der Waals surface area contributed by atoms with Crippen LogP contribution in [0.3, 0.4) is 0 Å². The molecule has 116 valence electrons. The first-order valence-electron chi connectivity index (χ1n) is 8.38. The topological polar surface area (TPSA) is 24.5 Å². The van der Waals surface area contributed by atoms with E-state index in [4.69, 9.17) is 4.74 Å². The van der Waals surface area contributed by atoms with Gasteiger partial charge in [0.25, 0.3) is 0 Å². The van der Waals surface area contributed by atoms with Crippen LogP contribution in [0.4, 0.5) is 5.69 Å². The van der Waals surface area contributed by atoms with Gasteiger partial charge < -0.3 is 15.0 Å². The molecule has 0 saturated carbocycles. The Morgan fingerprint density at radius 2 is 2.14 bits per heavy atom. The summed E-state index contributed by atoms with van der Waals surface area (Å²) in [6.07, 6.45) is 4.79. The van der Waals surface area contributed by atoms with Crippen molar-refractivity contribution in [1.29, 1.82) is 0 Å². The average molecular weight is 288 g/mol. The number of benzene rings is 1. The van der Waals surface area contributed by atoms with Gasteiger partial charge in [0.05, 0.1) is 0 Å². The standard InChI is InChI=1S/C18H28N2O/c1-14(19-2)12-16-4-3-5-18-17(16)6-9-20(18)13-15-7-10-21-11-8-15/h3-5,14-15,19H,6-13H2,1-2H3. The molecule has 1 saturated heterocycles. The van der Waals surface area contributed by atoms with E-state index in [1.807, 2.05) is 7.05 Å². The lowest BCUT2D eigenvalue weighted by Gasteiger charge is -2.28. The second-order valence-electron chi connectivity index (χ2n) is 6.56. The first-order chi connectivity index (χ1) is 10.3. The van der Waals surface area contributed by atoms with Gasteiger partial charge in [-0.25, -0.2) is 0 Å². The maximum atomic E-state index is 5.48. The SMILES string of the molecule is CNC(C)Cc1cccc2c1CCN2CC1CCOCC1. The normalized spacial score (nSPS) is 20.6. The Hall–Kier alpha value is -1.06. The minimum absolute atomic E-state index is 0.543. The summed E-state index contributed by atoms with van der Waals surface area (Å²) in [7, 11) is 2.05. The fourth-order valence-electron chi connectivity index (χ4n) is 3.63. The molecule has 1 N–H and O–H groups in total. The molecule has 0 amide bonds. The maximum Gasteiger partial charge on any atom is 0.0469 e. The quantitative estimate of drug-likeness (QED) is 0.901. The highest BCUT2D eigenvalue weighted by atomic mass is 16.5. The zero-order chi connectivity index (χ0) is 14.7. The van der Waals surface area contributed by atoms with Crippen molar-refractivity contribution < 1.29 is 4.74 Å². The second kappa shape index (κ2) is 6.80. The molecule has 1 unspecified atom stereocenters. The highest BCUT2D eigenvalue weighted by molar-refractivity contribution is 5.61. The Balaban J connectivity index is 1.71. The first kappa shape index (κ1) is 14.9. The monoisotopic (exact) mass is 288 g/mol. The predicted octanol–water partition coefficient (Wildman–Crippen LogP) is 2.63. The Morgan fingerprint density at radius 1 is 1.33 bits per heavy atom. The van der Waals surface area contributed by atoms with Crippen LogP contribution in [0.5, 0.6) is 0 Å². The van der Waals surface area contributed by atoms with Gasteiger partial charge in [-0.3, -0.25) is 0 Å². The Morgan fingerprint density at radius 3 is 2.90 bits per heavy atom. The second-order valence-corrected chi connectivity index (χ2v) is 6.56. The van der Waals surface area contributed by atoms with E-state index >= 15 is 0 Å². The molecule has 1 aromatic rings. The fraction of sp³-hybridized carbons (Fsp3) is 0.667. The Bertz CT molecular complexity index is 468.